The van der Waals surface area contributed by atoms with Crippen LogP contribution >= 0.6 is 27.5 Å². The summed E-state index contributed by atoms with van der Waals surface area (Å²) in [6.45, 7) is 0. The van der Waals surface area contributed by atoms with Crippen molar-refractivity contribution in [3.05, 3.63) is 40.1 Å². The van der Waals surface area contributed by atoms with Crippen LogP contribution in [0, 0.1) is 0 Å². The van der Waals surface area contributed by atoms with Crippen molar-refractivity contribution in [3.63, 3.8) is 0 Å². The van der Waals surface area contributed by atoms with Gasteiger partial charge in [0.25, 0.3) is 0 Å². The predicted octanol–water partition coefficient (Wildman–Crippen LogP) is 3.65. The first kappa shape index (κ1) is 8.02. The van der Waals surface area contributed by atoms with Crippen molar-refractivity contribution < 1.29 is 0 Å². The molecule has 0 aliphatic rings. The summed E-state index contributed by atoms with van der Waals surface area (Å²) < 4.78 is 0.831. The molecule has 1 nitrogen and oxygen atoms in total. The Bertz CT molecular complexity index is 391. The second kappa shape index (κ2) is 3.04. The van der Waals surface area contributed by atoms with E-state index < -0.39 is 0 Å². The molecule has 0 atom stereocenters. The Balaban J connectivity index is 2.80. The number of halogens is 2. The van der Waals surface area contributed by atoms with E-state index in [2.05, 4.69) is 20.9 Å². The number of hydrogen-bond acceptors (Lipinski definition) is 1. The zero-order valence-corrected chi connectivity index (χ0v) is 8.43. The van der Waals surface area contributed by atoms with Gasteiger partial charge in [-0.1, -0.05) is 17.7 Å². The molecule has 0 spiro atoms. The highest BCUT2D eigenvalue weighted by Crippen LogP contribution is 2.20. The van der Waals surface area contributed by atoms with Gasteiger partial charge >= 0.3 is 0 Å². The number of pyridine rings is 1. The van der Waals surface area contributed by atoms with Crippen molar-refractivity contribution in [2.24, 2.45) is 0 Å². The zero-order chi connectivity index (χ0) is 8.55. The first-order chi connectivity index (χ1) is 5.75. The van der Waals surface area contributed by atoms with Crippen LogP contribution < -0.4 is 0 Å². The molecule has 2 aromatic rings. The number of benzene rings is 1. The van der Waals surface area contributed by atoms with Crippen molar-refractivity contribution >= 4 is 38.3 Å². The van der Waals surface area contributed by atoms with Crippen LogP contribution in [-0.2, 0) is 0 Å². The second-order valence-corrected chi connectivity index (χ2v) is 3.75. The SMILES string of the molecule is Clc1ccc2cnc(Br)cc2c1. The van der Waals surface area contributed by atoms with Gasteiger partial charge in [-0.2, -0.15) is 0 Å². The molecular weight excluding hydrogens is 237 g/mol. The van der Waals surface area contributed by atoms with Crippen LogP contribution in [0.1, 0.15) is 0 Å². The lowest BCUT2D eigenvalue weighted by Crippen LogP contribution is -1.76. The fourth-order valence-electron chi connectivity index (χ4n) is 1.08. The van der Waals surface area contributed by atoms with E-state index in [0.29, 0.717) is 0 Å². The number of rotatable bonds is 0. The molecule has 60 valence electrons. The molecule has 0 bridgehead atoms. The van der Waals surface area contributed by atoms with Gasteiger partial charge < -0.3 is 0 Å². The van der Waals surface area contributed by atoms with Crippen LogP contribution in [0.3, 0.4) is 0 Å². The third-order valence-corrected chi connectivity index (χ3v) is 2.32. The minimum atomic E-state index is 0.751. The van der Waals surface area contributed by atoms with Gasteiger partial charge in [-0.15, -0.1) is 0 Å². The smallest absolute Gasteiger partial charge is 0.106 e. The number of fused-ring (bicyclic) bond motifs is 1. The molecule has 0 saturated heterocycles. The Labute approximate surface area is 83.5 Å². The number of hydrogen-bond donors (Lipinski definition) is 0. The summed E-state index contributed by atoms with van der Waals surface area (Å²) in [5.41, 5.74) is 0. The van der Waals surface area contributed by atoms with Crippen LogP contribution in [-0.4, -0.2) is 4.98 Å². The quantitative estimate of drug-likeness (QED) is 0.643. The van der Waals surface area contributed by atoms with Crippen LogP contribution in [0.5, 0.6) is 0 Å². The topological polar surface area (TPSA) is 12.9 Å². The van der Waals surface area contributed by atoms with E-state index in [-0.39, 0.29) is 0 Å². The van der Waals surface area contributed by atoms with Crippen LogP contribution in [0.4, 0.5) is 0 Å². The molecule has 0 aliphatic carbocycles. The van der Waals surface area contributed by atoms with Crippen molar-refractivity contribution in [2.75, 3.05) is 0 Å². The van der Waals surface area contributed by atoms with E-state index in [0.717, 1.165) is 20.4 Å². The maximum atomic E-state index is 5.84. The minimum Gasteiger partial charge on any atom is -0.249 e. The van der Waals surface area contributed by atoms with Crippen molar-refractivity contribution in [3.8, 4) is 0 Å². The Morgan fingerprint density at radius 3 is 2.83 bits per heavy atom. The van der Waals surface area contributed by atoms with E-state index in [4.69, 9.17) is 11.6 Å². The molecule has 0 fully saturated rings. The van der Waals surface area contributed by atoms with Gasteiger partial charge in [0.1, 0.15) is 4.60 Å². The number of nitrogens with zero attached hydrogens (tertiary/aromatic N) is 1. The van der Waals surface area contributed by atoms with Gasteiger partial charge in [0.2, 0.25) is 0 Å². The van der Waals surface area contributed by atoms with Gasteiger partial charge in [-0.05, 0) is 39.5 Å². The molecule has 12 heavy (non-hydrogen) atoms. The third-order valence-electron chi connectivity index (χ3n) is 1.65. The average molecular weight is 243 g/mol. The summed E-state index contributed by atoms with van der Waals surface area (Å²) in [7, 11) is 0. The van der Waals surface area contributed by atoms with Gasteiger partial charge in [-0.3, -0.25) is 0 Å². The van der Waals surface area contributed by atoms with Gasteiger partial charge in [0.05, 0.1) is 0 Å². The summed E-state index contributed by atoms with van der Waals surface area (Å²) in [6, 6.07) is 7.68. The van der Waals surface area contributed by atoms with E-state index in [1.807, 2.05) is 30.5 Å². The molecule has 1 aromatic heterocycles. The third kappa shape index (κ3) is 1.45. The fourth-order valence-corrected chi connectivity index (χ4v) is 1.61. The second-order valence-electron chi connectivity index (χ2n) is 2.50. The molecule has 0 amide bonds. The standard InChI is InChI=1S/C9H5BrClN/c10-9-4-7-3-8(11)2-1-6(7)5-12-9/h1-5H. The lowest BCUT2D eigenvalue weighted by atomic mass is 10.2. The average Bonchev–Trinajstić information content (AvgIpc) is 2.03. The Morgan fingerprint density at radius 2 is 2.00 bits per heavy atom. The molecule has 0 N–H and O–H groups in total. The van der Waals surface area contributed by atoms with E-state index >= 15 is 0 Å². The first-order valence-corrected chi connectivity index (χ1v) is 4.63. The van der Waals surface area contributed by atoms with Crippen molar-refractivity contribution in [1.82, 2.24) is 4.98 Å². The zero-order valence-electron chi connectivity index (χ0n) is 6.09. The molecule has 3 heteroatoms. The summed E-state index contributed by atoms with van der Waals surface area (Å²) >= 11 is 9.14. The van der Waals surface area contributed by atoms with Crippen molar-refractivity contribution in [1.29, 1.82) is 0 Å². The van der Waals surface area contributed by atoms with E-state index in [1.165, 1.54) is 0 Å². The highest BCUT2D eigenvalue weighted by molar-refractivity contribution is 9.10. The highest BCUT2D eigenvalue weighted by atomic mass is 79.9. The fraction of sp³-hybridized carbons (Fsp3) is 0. The van der Waals surface area contributed by atoms with Gasteiger partial charge in [0.15, 0.2) is 0 Å². The Morgan fingerprint density at radius 1 is 1.17 bits per heavy atom. The van der Waals surface area contributed by atoms with Gasteiger partial charge in [-0.25, -0.2) is 4.98 Å². The summed E-state index contributed by atoms with van der Waals surface area (Å²) in [4.78, 5) is 4.11. The lowest BCUT2D eigenvalue weighted by molar-refractivity contribution is 1.31. The van der Waals surface area contributed by atoms with Gasteiger partial charge in [0, 0.05) is 16.6 Å². The molecular formula is C9H5BrClN. The monoisotopic (exact) mass is 241 g/mol. The molecule has 1 aromatic carbocycles. The molecule has 0 radical (unpaired) electrons. The van der Waals surface area contributed by atoms with Crippen molar-refractivity contribution in [2.45, 2.75) is 0 Å². The maximum absolute atomic E-state index is 5.84. The van der Waals surface area contributed by atoms with E-state index in [1.54, 1.807) is 0 Å². The van der Waals surface area contributed by atoms with Crippen LogP contribution in [0.25, 0.3) is 10.8 Å². The summed E-state index contributed by atoms with van der Waals surface area (Å²) in [5, 5.41) is 2.95. The number of aromatic nitrogens is 1. The van der Waals surface area contributed by atoms with E-state index in [9.17, 15) is 0 Å². The Kier molecular flexibility index (Phi) is 2.03. The highest BCUT2D eigenvalue weighted by Gasteiger charge is 1.95. The largest absolute Gasteiger partial charge is 0.249 e. The summed E-state index contributed by atoms with van der Waals surface area (Å²) in [5.74, 6) is 0. The summed E-state index contributed by atoms with van der Waals surface area (Å²) in [6.07, 6.45) is 1.82. The molecule has 0 saturated carbocycles. The maximum Gasteiger partial charge on any atom is 0.106 e. The normalized spacial score (nSPS) is 10.5. The minimum absolute atomic E-state index is 0.751. The Hall–Kier alpha value is -0.600. The first-order valence-electron chi connectivity index (χ1n) is 3.46. The molecule has 0 aliphatic heterocycles. The lowest BCUT2D eigenvalue weighted by Gasteiger charge is -1.97. The molecule has 0 unspecified atom stereocenters. The van der Waals surface area contributed by atoms with Crippen LogP contribution in [0.2, 0.25) is 5.02 Å². The molecule has 1 heterocycles. The molecule has 2 rings (SSSR count). The van der Waals surface area contributed by atoms with Crippen LogP contribution in [0.15, 0.2) is 35.1 Å². The predicted molar refractivity (Wildman–Crippen MR) is 54.5 cm³/mol.